The molecule has 0 unspecified atom stereocenters. The molecular weight excluding hydrogens is 410 g/mol. The third-order valence-corrected chi connectivity index (χ3v) is 8.15. The summed E-state index contributed by atoms with van der Waals surface area (Å²) < 4.78 is 0. The van der Waals surface area contributed by atoms with Gasteiger partial charge in [0.1, 0.15) is 0 Å². The van der Waals surface area contributed by atoms with Gasteiger partial charge in [0.15, 0.2) is 0 Å². The molecule has 2 aromatic rings. The summed E-state index contributed by atoms with van der Waals surface area (Å²) in [7, 11) is 0. The molecule has 174 valence electrons. The van der Waals surface area contributed by atoms with Crippen LogP contribution in [0.4, 0.5) is 0 Å². The van der Waals surface area contributed by atoms with Gasteiger partial charge in [-0.15, -0.1) is 0 Å². The van der Waals surface area contributed by atoms with E-state index < -0.39 is 5.41 Å². The summed E-state index contributed by atoms with van der Waals surface area (Å²) in [5.74, 6) is 0.555. The van der Waals surface area contributed by atoms with Crippen molar-refractivity contribution >= 4 is 11.8 Å². The lowest BCUT2D eigenvalue weighted by Crippen LogP contribution is -2.56. The third kappa shape index (κ3) is 4.18. The van der Waals surface area contributed by atoms with Crippen LogP contribution in [0, 0.1) is 16.7 Å². The van der Waals surface area contributed by atoms with Crippen LogP contribution in [0.15, 0.2) is 48.8 Å². The van der Waals surface area contributed by atoms with E-state index in [-0.39, 0.29) is 23.8 Å². The molecule has 2 aliphatic carbocycles. The Bertz CT molecular complexity index is 1030. The van der Waals surface area contributed by atoms with Crippen LogP contribution in [0.1, 0.15) is 57.9 Å². The zero-order chi connectivity index (χ0) is 23.1. The Labute approximate surface area is 197 Å². The first-order valence-electron chi connectivity index (χ1n) is 12.5. The Morgan fingerprint density at radius 3 is 2.61 bits per heavy atom. The van der Waals surface area contributed by atoms with Gasteiger partial charge in [-0.3, -0.25) is 14.6 Å². The molecule has 2 saturated carbocycles. The van der Waals surface area contributed by atoms with Gasteiger partial charge in [-0.25, -0.2) is 0 Å². The molecule has 2 amide bonds. The van der Waals surface area contributed by atoms with E-state index in [9.17, 15) is 9.59 Å². The average Bonchev–Trinajstić information content (AvgIpc) is 3.56. The molecule has 3 fully saturated rings. The van der Waals surface area contributed by atoms with Crippen LogP contribution >= 0.6 is 0 Å². The standard InChI is InChI=1S/C28H35N3O2/c1-20(2)30-26(33)28(16-21-8-3-4-10-23(21)22-9-5-14-29-18-22)13-7-15-31(19-28)25(32)24-17-27(24)11-6-12-27/h3-5,8-10,14,18,20,24H,6-7,11-13,15-17,19H2,1-2H3,(H,30,33)/t24-,28-/m1/s1. The SMILES string of the molecule is CC(C)NC(=O)[C@@]1(Cc2ccccc2-c2cccnc2)CCCN(C(=O)[C@H]2CC23CCC3)C1. The Morgan fingerprint density at radius 2 is 1.94 bits per heavy atom. The van der Waals surface area contributed by atoms with Gasteiger partial charge in [-0.2, -0.15) is 0 Å². The van der Waals surface area contributed by atoms with Crippen molar-refractivity contribution in [2.75, 3.05) is 13.1 Å². The second-order valence-corrected chi connectivity index (χ2v) is 10.8. The number of carbonyl (C=O) groups excluding carboxylic acids is 2. The van der Waals surface area contributed by atoms with E-state index >= 15 is 0 Å². The molecule has 1 N–H and O–H groups in total. The molecule has 2 atom stereocenters. The van der Waals surface area contributed by atoms with Gasteiger partial charge >= 0.3 is 0 Å². The summed E-state index contributed by atoms with van der Waals surface area (Å²) in [5, 5.41) is 3.19. The van der Waals surface area contributed by atoms with Gasteiger partial charge in [0, 0.05) is 43.0 Å². The van der Waals surface area contributed by atoms with Crippen molar-refractivity contribution in [3.8, 4) is 11.1 Å². The zero-order valence-electron chi connectivity index (χ0n) is 19.8. The van der Waals surface area contributed by atoms with Crippen molar-refractivity contribution in [2.24, 2.45) is 16.7 Å². The quantitative estimate of drug-likeness (QED) is 0.706. The molecule has 5 rings (SSSR count). The van der Waals surface area contributed by atoms with E-state index in [0.29, 0.717) is 18.4 Å². The van der Waals surface area contributed by atoms with Crippen molar-refractivity contribution < 1.29 is 9.59 Å². The molecule has 1 aromatic carbocycles. The topological polar surface area (TPSA) is 62.3 Å². The first kappa shape index (κ1) is 22.1. The zero-order valence-corrected chi connectivity index (χ0v) is 19.8. The fourth-order valence-corrected chi connectivity index (χ4v) is 6.09. The van der Waals surface area contributed by atoms with Crippen LogP contribution in [0.2, 0.25) is 0 Å². The van der Waals surface area contributed by atoms with Crippen molar-refractivity contribution in [1.82, 2.24) is 15.2 Å². The molecule has 1 saturated heterocycles. The minimum absolute atomic E-state index is 0.0655. The van der Waals surface area contributed by atoms with E-state index in [0.717, 1.165) is 42.5 Å². The Balaban J connectivity index is 1.44. The number of nitrogens with one attached hydrogen (secondary N) is 1. The lowest BCUT2D eigenvalue weighted by Gasteiger charge is -2.43. The summed E-state index contributed by atoms with van der Waals surface area (Å²) in [4.78, 5) is 33.4. The molecule has 5 nitrogen and oxygen atoms in total. The predicted molar refractivity (Wildman–Crippen MR) is 129 cm³/mol. The fourth-order valence-electron chi connectivity index (χ4n) is 6.09. The maximum Gasteiger partial charge on any atom is 0.228 e. The van der Waals surface area contributed by atoms with Gasteiger partial charge < -0.3 is 10.2 Å². The van der Waals surface area contributed by atoms with E-state index in [4.69, 9.17) is 0 Å². The summed E-state index contributed by atoms with van der Waals surface area (Å²) in [5.41, 5.74) is 3.01. The maximum atomic E-state index is 13.7. The molecule has 5 heteroatoms. The average molecular weight is 446 g/mol. The molecule has 33 heavy (non-hydrogen) atoms. The van der Waals surface area contributed by atoms with Gasteiger partial charge in [-0.1, -0.05) is 36.8 Å². The number of aromatic nitrogens is 1. The van der Waals surface area contributed by atoms with Crippen LogP contribution in [-0.4, -0.2) is 40.8 Å². The second kappa shape index (κ2) is 8.58. The summed E-state index contributed by atoms with van der Waals surface area (Å²) >= 11 is 0. The lowest BCUT2D eigenvalue weighted by molar-refractivity contribution is -0.143. The largest absolute Gasteiger partial charge is 0.353 e. The summed E-state index contributed by atoms with van der Waals surface area (Å²) in [6.45, 7) is 5.29. The molecule has 1 aromatic heterocycles. The maximum absolute atomic E-state index is 13.7. The van der Waals surface area contributed by atoms with Crippen LogP contribution < -0.4 is 5.32 Å². The number of nitrogens with zero attached hydrogens (tertiary/aromatic N) is 2. The van der Waals surface area contributed by atoms with Gasteiger partial charge in [-0.05, 0) is 75.0 Å². The number of amides is 2. The van der Waals surface area contributed by atoms with Crippen molar-refractivity contribution in [3.05, 3.63) is 54.4 Å². The minimum atomic E-state index is -0.613. The highest BCUT2D eigenvalue weighted by Gasteiger charge is 2.62. The highest BCUT2D eigenvalue weighted by molar-refractivity contribution is 5.87. The number of piperidine rings is 1. The molecule has 0 bridgehead atoms. The van der Waals surface area contributed by atoms with Crippen molar-refractivity contribution in [1.29, 1.82) is 0 Å². The molecule has 1 spiro atoms. The Kier molecular flexibility index (Phi) is 5.75. The number of likely N-dealkylation sites (tertiary alicyclic amines) is 1. The summed E-state index contributed by atoms with van der Waals surface area (Å²) in [6.07, 6.45) is 10.7. The Morgan fingerprint density at radius 1 is 1.12 bits per heavy atom. The van der Waals surface area contributed by atoms with Crippen LogP contribution in [0.5, 0.6) is 0 Å². The van der Waals surface area contributed by atoms with Crippen LogP contribution in [-0.2, 0) is 16.0 Å². The lowest BCUT2D eigenvalue weighted by atomic mass is 9.72. The van der Waals surface area contributed by atoms with Crippen molar-refractivity contribution in [3.63, 3.8) is 0 Å². The van der Waals surface area contributed by atoms with Gasteiger partial charge in [0.05, 0.1) is 5.41 Å². The smallest absolute Gasteiger partial charge is 0.228 e. The van der Waals surface area contributed by atoms with Gasteiger partial charge in [0.25, 0.3) is 0 Å². The first-order chi connectivity index (χ1) is 15.9. The van der Waals surface area contributed by atoms with Crippen LogP contribution in [0.25, 0.3) is 11.1 Å². The molecule has 2 heterocycles. The van der Waals surface area contributed by atoms with Crippen LogP contribution in [0.3, 0.4) is 0 Å². The molecule has 0 radical (unpaired) electrons. The number of pyridine rings is 1. The fraction of sp³-hybridized carbons (Fsp3) is 0.536. The monoisotopic (exact) mass is 445 g/mol. The Hall–Kier alpha value is -2.69. The first-order valence-corrected chi connectivity index (χ1v) is 12.5. The predicted octanol–water partition coefficient (Wildman–Crippen LogP) is 4.61. The van der Waals surface area contributed by atoms with E-state index in [1.165, 1.54) is 19.3 Å². The number of benzene rings is 1. The second-order valence-electron chi connectivity index (χ2n) is 10.8. The van der Waals surface area contributed by atoms with E-state index in [1.807, 2.05) is 43.1 Å². The molecule has 1 aliphatic heterocycles. The van der Waals surface area contributed by atoms with E-state index in [2.05, 4.69) is 28.5 Å². The molecule has 3 aliphatic rings. The van der Waals surface area contributed by atoms with Gasteiger partial charge in [0.2, 0.25) is 11.8 Å². The highest BCUT2D eigenvalue weighted by Crippen LogP contribution is 2.66. The highest BCUT2D eigenvalue weighted by atomic mass is 16.2. The number of hydrogen-bond acceptors (Lipinski definition) is 3. The number of hydrogen-bond donors (Lipinski definition) is 1. The van der Waals surface area contributed by atoms with Crippen molar-refractivity contribution in [2.45, 2.75) is 64.8 Å². The number of rotatable bonds is 6. The summed E-state index contributed by atoms with van der Waals surface area (Å²) in [6, 6.07) is 12.4. The van der Waals surface area contributed by atoms with E-state index in [1.54, 1.807) is 6.20 Å². The third-order valence-electron chi connectivity index (χ3n) is 8.15. The molecular formula is C28H35N3O2. The number of carbonyl (C=O) groups is 2. The normalized spacial score (nSPS) is 25.5. The minimum Gasteiger partial charge on any atom is -0.353 e.